The van der Waals surface area contributed by atoms with E-state index in [1.165, 1.54) is 0 Å². The molecule has 44 valence electrons. The molecule has 0 heterocycles. The second-order valence-electron chi connectivity index (χ2n) is 1.08. The van der Waals surface area contributed by atoms with Gasteiger partial charge in [-0.1, -0.05) is 0 Å². The molecule has 0 atom stereocenters. The zero-order chi connectivity index (χ0) is 4.24. The largest absolute Gasteiger partial charge is 0.184 e. The molecule has 0 nitrogen and oxygen atoms in total. The minimum atomic E-state index is 0. The second kappa shape index (κ2) is 4.89. The van der Waals surface area contributed by atoms with Crippen molar-refractivity contribution in [2.45, 2.75) is 0 Å². The van der Waals surface area contributed by atoms with Crippen LogP contribution in [0, 0.1) is 53.0 Å². The fraction of sp³-hybridized carbons (Fsp3) is 0. The molecule has 0 N–H and O–H groups in total. The summed E-state index contributed by atoms with van der Waals surface area (Å²) in [6.45, 7) is 0. The molecule has 0 spiro atoms. The first kappa shape index (κ1) is 7.74. The minimum absolute atomic E-state index is 0. The summed E-state index contributed by atoms with van der Waals surface area (Å²) < 4.78 is 0. The topological polar surface area (TPSA) is 0 Å². The Morgan fingerprint density at radius 1 is 0.857 bits per heavy atom. The maximum atomic E-state index is 2.89. The molecule has 0 aromatic heterocycles. The van der Waals surface area contributed by atoms with Crippen LogP contribution in [0.3, 0.4) is 0 Å². The predicted molar refractivity (Wildman–Crippen MR) is 25.3 cm³/mol. The van der Waals surface area contributed by atoms with Gasteiger partial charge in [0.15, 0.2) is 0 Å². The summed E-state index contributed by atoms with van der Waals surface area (Å²) in [6, 6.07) is 12.5. The number of benzene rings is 1. The third-order valence-corrected chi connectivity index (χ3v) is 0.607. The van der Waals surface area contributed by atoms with E-state index in [-0.39, 0.29) is 46.9 Å². The first-order valence-corrected chi connectivity index (χ1v) is 1.91. The van der Waals surface area contributed by atoms with Crippen molar-refractivity contribution in [1.29, 1.82) is 0 Å². The zero-order valence-corrected chi connectivity index (χ0v) is 5.37. The first-order chi connectivity index (χ1) is 3.00. The summed E-state index contributed by atoms with van der Waals surface area (Å²) in [5, 5.41) is 0. The van der Waals surface area contributed by atoms with Gasteiger partial charge in [0.25, 0.3) is 0 Å². The number of hydrogen-bond donors (Lipinski definition) is 0. The van der Waals surface area contributed by atoms with E-state index >= 15 is 0 Å². The Kier molecular flexibility index (Phi) is 5.40. The Morgan fingerprint density at radius 3 is 1.57 bits per heavy atom. The zero-order valence-electron chi connectivity index (χ0n) is 3.65. The van der Waals surface area contributed by atoms with Crippen LogP contribution < -0.4 is 0 Å². The van der Waals surface area contributed by atoms with Gasteiger partial charge in [-0.3, -0.25) is 0 Å². The van der Waals surface area contributed by atoms with Gasteiger partial charge in [-0.25, -0.2) is 0 Å². The summed E-state index contributed by atoms with van der Waals surface area (Å²) in [5.74, 6) is 0. The van der Waals surface area contributed by atoms with Crippen molar-refractivity contribution < 1.29 is 46.9 Å². The molecule has 0 aliphatic rings. The molecule has 0 aliphatic heterocycles. The van der Waals surface area contributed by atoms with E-state index in [0.29, 0.717) is 0 Å². The smallest absolute Gasteiger partial charge is 0 e. The molecule has 0 bridgehead atoms. The third kappa shape index (κ3) is 3.33. The van der Waals surface area contributed by atoms with Crippen molar-refractivity contribution in [3.63, 3.8) is 0 Å². The van der Waals surface area contributed by atoms with Crippen LogP contribution in [0.2, 0.25) is 0 Å². The summed E-state index contributed by atoms with van der Waals surface area (Å²) >= 11 is 0. The SMILES string of the molecule is [Yb].[c-]1ccccc1. The van der Waals surface area contributed by atoms with Crippen LogP contribution >= 0.6 is 0 Å². The number of hydrogen-bond acceptors (Lipinski definition) is 0. The van der Waals surface area contributed by atoms with Gasteiger partial charge in [0.2, 0.25) is 0 Å². The van der Waals surface area contributed by atoms with Gasteiger partial charge >= 0.3 is 0 Å². The maximum Gasteiger partial charge on any atom is 0 e. The van der Waals surface area contributed by atoms with Crippen molar-refractivity contribution in [3.05, 3.63) is 36.4 Å². The van der Waals surface area contributed by atoms with Gasteiger partial charge in [-0.2, -0.15) is 36.4 Å². The van der Waals surface area contributed by atoms with E-state index in [4.69, 9.17) is 0 Å². The molecule has 0 fully saturated rings. The van der Waals surface area contributed by atoms with E-state index < -0.39 is 0 Å². The van der Waals surface area contributed by atoms with Crippen molar-refractivity contribution in [2.75, 3.05) is 0 Å². The molecule has 1 heteroatoms. The Balaban J connectivity index is 0.000000360. The third-order valence-electron chi connectivity index (χ3n) is 0.607. The van der Waals surface area contributed by atoms with E-state index in [9.17, 15) is 0 Å². The molecule has 1 aromatic carbocycles. The average Bonchev–Trinajstić information content (AvgIpc) is 1.72. The van der Waals surface area contributed by atoms with Crippen LogP contribution in [-0.4, -0.2) is 0 Å². The van der Waals surface area contributed by atoms with Crippen molar-refractivity contribution in [2.24, 2.45) is 0 Å². The Bertz CT molecular complexity index is 76.1. The molecule has 0 amide bonds. The molecule has 1 rings (SSSR count). The van der Waals surface area contributed by atoms with Crippen molar-refractivity contribution >= 4 is 0 Å². The summed E-state index contributed by atoms with van der Waals surface area (Å²) in [4.78, 5) is 0. The molecular formula is C6H5Yb-. The van der Waals surface area contributed by atoms with Crippen LogP contribution in [0.25, 0.3) is 0 Å². The van der Waals surface area contributed by atoms with Crippen LogP contribution in [0.5, 0.6) is 0 Å². The van der Waals surface area contributed by atoms with Gasteiger partial charge < -0.3 is 0 Å². The second-order valence-corrected chi connectivity index (χ2v) is 1.08. The van der Waals surface area contributed by atoms with Crippen molar-refractivity contribution in [1.82, 2.24) is 0 Å². The fourth-order valence-electron chi connectivity index (χ4n) is 0.342. The van der Waals surface area contributed by atoms with E-state index in [0.717, 1.165) is 0 Å². The van der Waals surface area contributed by atoms with Gasteiger partial charge in [-0.05, 0) is 0 Å². The van der Waals surface area contributed by atoms with Crippen molar-refractivity contribution in [3.8, 4) is 0 Å². The first-order valence-electron chi connectivity index (χ1n) is 1.91. The van der Waals surface area contributed by atoms with Crippen LogP contribution in [0.1, 0.15) is 0 Å². The Hall–Kier alpha value is 0.739. The van der Waals surface area contributed by atoms with Gasteiger partial charge in [0.05, 0.1) is 0 Å². The quantitative estimate of drug-likeness (QED) is 0.612. The monoisotopic (exact) mass is 251 g/mol. The van der Waals surface area contributed by atoms with E-state index in [1.807, 2.05) is 30.3 Å². The van der Waals surface area contributed by atoms with Gasteiger partial charge in [0.1, 0.15) is 0 Å². The Labute approximate surface area is 82.2 Å². The summed E-state index contributed by atoms with van der Waals surface area (Å²) in [6.07, 6.45) is 0. The molecule has 0 radical (unpaired) electrons. The van der Waals surface area contributed by atoms with Crippen LogP contribution in [-0.2, 0) is 0 Å². The molecule has 0 saturated heterocycles. The van der Waals surface area contributed by atoms with Gasteiger partial charge in [0, 0.05) is 46.9 Å². The standard InChI is InChI=1S/C6H5.Yb/c1-2-4-6-5-3-1;/h1-5H;/q-1;. The molecule has 0 unspecified atom stereocenters. The Morgan fingerprint density at radius 2 is 1.43 bits per heavy atom. The predicted octanol–water partition coefficient (Wildman–Crippen LogP) is 1.49. The molecule has 1 aromatic rings. The van der Waals surface area contributed by atoms with E-state index in [2.05, 4.69) is 6.07 Å². The average molecular weight is 250 g/mol. The minimum Gasteiger partial charge on any atom is -0.184 e. The molecule has 0 aliphatic carbocycles. The summed E-state index contributed by atoms with van der Waals surface area (Å²) in [5.41, 5.74) is 0. The normalized spacial score (nSPS) is 6.86. The molecule has 0 saturated carbocycles. The maximum absolute atomic E-state index is 2.89. The fourth-order valence-corrected chi connectivity index (χ4v) is 0.342. The van der Waals surface area contributed by atoms with Gasteiger partial charge in [-0.15, -0.1) is 0 Å². The van der Waals surface area contributed by atoms with Crippen LogP contribution in [0.15, 0.2) is 30.3 Å². The molecular weight excluding hydrogens is 245 g/mol. The number of rotatable bonds is 0. The van der Waals surface area contributed by atoms with E-state index in [1.54, 1.807) is 0 Å². The summed E-state index contributed by atoms with van der Waals surface area (Å²) in [7, 11) is 0. The van der Waals surface area contributed by atoms with Crippen LogP contribution in [0.4, 0.5) is 0 Å². The molecule has 7 heavy (non-hydrogen) atoms.